The van der Waals surface area contributed by atoms with Crippen LogP contribution in [0.1, 0.15) is 6.42 Å². The Balaban J connectivity index is 2.77. The van der Waals surface area contributed by atoms with Gasteiger partial charge in [-0.15, -0.1) is 0 Å². The summed E-state index contributed by atoms with van der Waals surface area (Å²) < 4.78 is 1.27. The van der Waals surface area contributed by atoms with Crippen LogP contribution in [0.5, 0.6) is 0 Å². The van der Waals surface area contributed by atoms with Gasteiger partial charge in [-0.2, -0.15) is 0 Å². The average Bonchev–Trinajstić information content (AvgIpc) is 2.05. The van der Waals surface area contributed by atoms with Gasteiger partial charge in [0.15, 0.2) is 0 Å². The lowest BCUT2D eigenvalue weighted by molar-refractivity contribution is 0.764. The highest BCUT2D eigenvalue weighted by Gasteiger charge is 2.30. The highest BCUT2D eigenvalue weighted by atomic mass is 127. The zero-order chi connectivity index (χ0) is 8.32. The Labute approximate surface area is 84.5 Å². The second-order valence-corrected chi connectivity index (χ2v) is 7.04. The van der Waals surface area contributed by atoms with Gasteiger partial charge in [-0.1, -0.05) is 60.0 Å². The Morgan fingerprint density at radius 2 is 2.18 bits per heavy atom. The third-order valence-electron chi connectivity index (χ3n) is 2.38. The van der Waals surface area contributed by atoms with E-state index in [-0.39, 0.29) is 8.80 Å². The van der Waals surface area contributed by atoms with Crippen LogP contribution in [0.15, 0.2) is 24.3 Å². The van der Waals surface area contributed by atoms with Crippen LogP contribution in [-0.2, 0) is 0 Å². The summed E-state index contributed by atoms with van der Waals surface area (Å²) >= 11 is 2.52. The summed E-state index contributed by atoms with van der Waals surface area (Å²) in [6.07, 6.45) is 10.3. The lowest BCUT2D eigenvalue weighted by Gasteiger charge is -2.32. The fourth-order valence-electron chi connectivity index (χ4n) is 1.27. The predicted octanol–water partition coefficient (Wildman–Crippen LogP) is 3.43. The minimum atomic E-state index is -0.191. The molecule has 1 aliphatic rings. The number of hydrogen-bond donors (Lipinski definition) is 0. The van der Waals surface area contributed by atoms with Gasteiger partial charge in [0, 0.05) is 4.43 Å². The van der Waals surface area contributed by atoms with E-state index in [1.165, 1.54) is 10.8 Å². The van der Waals surface area contributed by atoms with Gasteiger partial charge < -0.3 is 0 Å². The summed E-state index contributed by atoms with van der Waals surface area (Å²) in [5.41, 5.74) is 0. The number of rotatable bonds is 2. The molecule has 0 heterocycles. The zero-order valence-corrected chi connectivity index (χ0v) is 10.3. The monoisotopic (exact) mass is 277 g/mol. The molecular formula is C9H14ISi. The predicted molar refractivity (Wildman–Crippen MR) is 62.0 cm³/mol. The SMILES string of the molecule is C[Si](C)C1(CI)C=CC=CC1. The largest absolute Gasteiger partial charge is 0.0857 e. The summed E-state index contributed by atoms with van der Waals surface area (Å²) in [4.78, 5) is 0. The molecule has 61 valence electrons. The van der Waals surface area contributed by atoms with Crippen LogP contribution in [0.4, 0.5) is 0 Å². The lowest BCUT2D eigenvalue weighted by Crippen LogP contribution is -2.27. The molecule has 0 aliphatic heterocycles. The maximum atomic E-state index is 2.52. The van der Waals surface area contributed by atoms with Crippen LogP contribution in [0.2, 0.25) is 18.1 Å². The van der Waals surface area contributed by atoms with Crippen molar-refractivity contribution in [2.24, 2.45) is 0 Å². The minimum Gasteiger partial charge on any atom is -0.0857 e. The van der Waals surface area contributed by atoms with Gasteiger partial charge in [-0.05, 0) is 11.5 Å². The molecule has 0 saturated heterocycles. The van der Waals surface area contributed by atoms with Gasteiger partial charge in [0.2, 0.25) is 0 Å². The topological polar surface area (TPSA) is 0 Å². The molecule has 0 N–H and O–H groups in total. The van der Waals surface area contributed by atoms with E-state index in [2.05, 4.69) is 60.0 Å². The van der Waals surface area contributed by atoms with Crippen molar-refractivity contribution in [1.82, 2.24) is 0 Å². The Kier molecular flexibility index (Phi) is 3.37. The van der Waals surface area contributed by atoms with Crippen molar-refractivity contribution in [2.45, 2.75) is 24.6 Å². The van der Waals surface area contributed by atoms with E-state index >= 15 is 0 Å². The lowest BCUT2D eigenvalue weighted by atomic mass is 10.0. The smallest absolute Gasteiger partial charge is 0.0545 e. The first-order chi connectivity index (χ1) is 5.21. The van der Waals surface area contributed by atoms with Crippen molar-refractivity contribution < 1.29 is 0 Å². The molecule has 1 unspecified atom stereocenters. The molecule has 0 aromatic heterocycles. The molecule has 1 rings (SSSR count). The number of alkyl halides is 1. The Morgan fingerprint density at radius 1 is 1.45 bits per heavy atom. The van der Waals surface area contributed by atoms with Crippen molar-refractivity contribution in [2.75, 3.05) is 4.43 Å². The van der Waals surface area contributed by atoms with E-state index in [9.17, 15) is 0 Å². The molecule has 2 heteroatoms. The Hall–Kier alpha value is 0.427. The van der Waals surface area contributed by atoms with Crippen LogP contribution >= 0.6 is 22.6 Å². The van der Waals surface area contributed by atoms with E-state index in [0.717, 1.165) is 0 Å². The third kappa shape index (κ3) is 1.96. The molecule has 11 heavy (non-hydrogen) atoms. The fraction of sp³-hybridized carbons (Fsp3) is 0.556. The van der Waals surface area contributed by atoms with Gasteiger partial charge in [-0.25, -0.2) is 0 Å². The quantitative estimate of drug-likeness (QED) is 0.412. The number of allylic oxidation sites excluding steroid dienone is 4. The maximum Gasteiger partial charge on any atom is 0.0545 e. The third-order valence-corrected chi connectivity index (χ3v) is 7.00. The first kappa shape index (κ1) is 9.51. The van der Waals surface area contributed by atoms with E-state index < -0.39 is 0 Å². The van der Waals surface area contributed by atoms with Gasteiger partial charge in [0.1, 0.15) is 0 Å². The van der Waals surface area contributed by atoms with Gasteiger partial charge >= 0.3 is 0 Å². The van der Waals surface area contributed by atoms with Crippen molar-refractivity contribution in [3.05, 3.63) is 24.3 Å². The summed E-state index contributed by atoms with van der Waals surface area (Å²) in [5, 5.41) is 0.542. The summed E-state index contributed by atoms with van der Waals surface area (Å²) in [7, 11) is -0.191. The highest BCUT2D eigenvalue weighted by molar-refractivity contribution is 14.1. The minimum absolute atomic E-state index is 0.191. The Bertz CT molecular complexity index is 184. The zero-order valence-electron chi connectivity index (χ0n) is 7.10. The molecule has 0 aromatic rings. The van der Waals surface area contributed by atoms with E-state index in [4.69, 9.17) is 0 Å². The molecule has 1 aliphatic carbocycles. The fourth-order valence-corrected chi connectivity index (χ4v) is 5.35. The molecule has 1 atom stereocenters. The number of halogens is 1. The van der Waals surface area contributed by atoms with Crippen molar-refractivity contribution in [3.63, 3.8) is 0 Å². The van der Waals surface area contributed by atoms with Crippen molar-refractivity contribution >= 4 is 31.4 Å². The summed E-state index contributed by atoms with van der Waals surface area (Å²) in [6.45, 7) is 4.82. The maximum absolute atomic E-state index is 2.52. The standard InChI is InChI=1S/C9H14ISi/c1-11(2)9(8-10)6-4-3-5-7-9/h3-6H,7-8H2,1-2H3. The number of hydrogen-bond acceptors (Lipinski definition) is 0. The van der Waals surface area contributed by atoms with Gasteiger partial charge in [-0.3, -0.25) is 0 Å². The molecule has 1 radical (unpaired) electrons. The molecule has 0 nitrogen and oxygen atoms in total. The van der Waals surface area contributed by atoms with Gasteiger partial charge in [0.25, 0.3) is 0 Å². The molecule has 0 fully saturated rings. The van der Waals surface area contributed by atoms with E-state index in [0.29, 0.717) is 5.04 Å². The van der Waals surface area contributed by atoms with Crippen LogP contribution in [0, 0.1) is 0 Å². The van der Waals surface area contributed by atoms with Crippen molar-refractivity contribution in [1.29, 1.82) is 0 Å². The van der Waals surface area contributed by atoms with Crippen molar-refractivity contribution in [3.8, 4) is 0 Å². The Morgan fingerprint density at radius 3 is 2.45 bits per heavy atom. The van der Waals surface area contributed by atoms with E-state index in [1.807, 2.05) is 0 Å². The average molecular weight is 277 g/mol. The molecule has 0 saturated carbocycles. The normalized spacial score (nSPS) is 29.8. The van der Waals surface area contributed by atoms with Crippen LogP contribution in [-0.4, -0.2) is 13.2 Å². The molecule has 0 spiro atoms. The van der Waals surface area contributed by atoms with E-state index in [1.54, 1.807) is 0 Å². The second kappa shape index (κ2) is 3.89. The molecule has 0 amide bonds. The summed E-state index contributed by atoms with van der Waals surface area (Å²) in [5.74, 6) is 0. The highest BCUT2D eigenvalue weighted by Crippen LogP contribution is 2.40. The molecule has 0 aromatic carbocycles. The summed E-state index contributed by atoms with van der Waals surface area (Å²) in [6, 6.07) is 0. The molecule has 0 bridgehead atoms. The van der Waals surface area contributed by atoms with Gasteiger partial charge in [0.05, 0.1) is 8.80 Å². The molecular weight excluding hydrogens is 263 g/mol. The first-order valence-corrected chi connectivity index (χ1v) is 7.95. The van der Waals surface area contributed by atoms with Crippen LogP contribution in [0.3, 0.4) is 0 Å². The second-order valence-electron chi connectivity index (χ2n) is 3.28. The first-order valence-electron chi connectivity index (χ1n) is 3.92. The van der Waals surface area contributed by atoms with Crippen LogP contribution < -0.4 is 0 Å². The van der Waals surface area contributed by atoms with Crippen LogP contribution in [0.25, 0.3) is 0 Å².